The maximum absolute atomic E-state index is 12.7. The number of carbonyl (C=O) groups is 1. The summed E-state index contributed by atoms with van der Waals surface area (Å²) in [7, 11) is 2.10. The molecule has 0 atom stereocenters. The summed E-state index contributed by atoms with van der Waals surface area (Å²) in [5, 5.41) is 3.24. The normalized spacial score (nSPS) is 16.8. The summed E-state index contributed by atoms with van der Waals surface area (Å²) in [6.07, 6.45) is 3.77. The molecule has 2 rings (SSSR count). The number of hydrogen-bond acceptors (Lipinski definition) is 4. The van der Waals surface area contributed by atoms with Crippen molar-refractivity contribution < 1.29 is 4.79 Å². The van der Waals surface area contributed by atoms with E-state index >= 15 is 0 Å². The van der Waals surface area contributed by atoms with Crippen molar-refractivity contribution in [2.24, 2.45) is 0 Å². The number of amides is 1. The molecule has 0 spiro atoms. The minimum Gasteiger partial charge on any atom is -0.369 e. The van der Waals surface area contributed by atoms with Crippen LogP contribution in [0.3, 0.4) is 0 Å². The van der Waals surface area contributed by atoms with E-state index in [0.717, 1.165) is 45.6 Å². The number of pyridine rings is 1. The first-order valence-electron chi connectivity index (χ1n) is 7.39. The van der Waals surface area contributed by atoms with E-state index in [1.165, 1.54) is 0 Å². The Kier molecular flexibility index (Phi) is 5.35. The lowest BCUT2D eigenvalue weighted by Crippen LogP contribution is -2.35. The first-order chi connectivity index (χ1) is 9.72. The third kappa shape index (κ3) is 3.70. The summed E-state index contributed by atoms with van der Waals surface area (Å²) in [5.74, 6) is 0.795. The molecule has 1 N–H and O–H groups in total. The maximum atomic E-state index is 12.7. The Morgan fingerprint density at radius 1 is 1.35 bits per heavy atom. The molecule has 2 heterocycles. The van der Waals surface area contributed by atoms with Gasteiger partial charge in [-0.05, 0) is 38.6 Å². The molecular formula is C15H24N4O. The maximum Gasteiger partial charge on any atom is 0.257 e. The van der Waals surface area contributed by atoms with Crippen LogP contribution in [-0.2, 0) is 0 Å². The highest BCUT2D eigenvalue weighted by Gasteiger charge is 2.21. The van der Waals surface area contributed by atoms with E-state index in [0.29, 0.717) is 11.4 Å². The molecule has 0 bridgehead atoms. The molecule has 1 fully saturated rings. The molecule has 110 valence electrons. The second-order valence-corrected chi connectivity index (χ2v) is 5.28. The SMILES string of the molecule is CCCNc1ncccc1C(=O)N1CCCN(C)CC1. The zero-order valence-corrected chi connectivity index (χ0v) is 12.4. The standard InChI is InChI=1S/C15H24N4O/c1-3-7-16-14-13(6-4-8-17-14)15(20)19-10-5-9-18(2)11-12-19/h4,6,8H,3,5,7,9-12H2,1-2H3,(H,16,17). The van der Waals surface area contributed by atoms with Crippen molar-refractivity contribution in [2.45, 2.75) is 19.8 Å². The summed E-state index contributed by atoms with van der Waals surface area (Å²) >= 11 is 0. The lowest BCUT2D eigenvalue weighted by Gasteiger charge is -2.21. The number of anilines is 1. The average Bonchev–Trinajstić information content (AvgIpc) is 2.69. The molecule has 5 heteroatoms. The Labute approximate surface area is 121 Å². The summed E-state index contributed by atoms with van der Waals surface area (Å²) in [6, 6.07) is 3.69. The van der Waals surface area contributed by atoms with Crippen LogP contribution in [0, 0.1) is 0 Å². The summed E-state index contributed by atoms with van der Waals surface area (Å²) in [5.41, 5.74) is 0.686. The van der Waals surface area contributed by atoms with Crippen molar-refractivity contribution in [3.8, 4) is 0 Å². The Balaban J connectivity index is 2.11. The minimum absolute atomic E-state index is 0.0898. The fraction of sp³-hybridized carbons (Fsp3) is 0.600. The highest BCUT2D eigenvalue weighted by Crippen LogP contribution is 2.15. The monoisotopic (exact) mass is 276 g/mol. The molecular weight excluding hydrogens is 252 g/mol. The number of likely N-dealkylation sites (N-methyl/N-ethyl adjacent to an activating group) is 1. The van der Waals surface area contributed by atoms with E-state index in [1.807, 2.05) is 17.0 Å². The zero-order valence-electron chi connectivity index (χ0n) is 12.4. The number of nitrogens with one attached hydrogen (secondary N) is 1. The van der Waals surface area contributed by atoms with Crippen LogP contribution in [0.15, 0.2) is 18.3 Å². The van der Waals surface area contributed by atoms with E-state index in [-0.39, 0.29) is 5.91 Å². The van der Waals surface area contributed by atoms with Crippen molar-refractivity contribution in [3.05, 3.63) is 23.9 Å². The van der Waals surface area contributed by atoms with Gasteiger partial charge in [-0.25, -0.2) is 4.98 Å². The van der Waals surface area contributed by atoms with Crippen molar-refractivity contribution in [1.82, 2.24) is 14.8 Å². The van der Waals surface area contributed by atoms with Crippen LogP contribution < -0.4 is 5.32 Å². The third-order valence-corrected chi connectivity index (χ3v) is 3.59. The molecule has 1 amide bonds. The van der Waals surface area contributed by atoms with E-state index < -0.39 is 0 Å². The fourth-order valence-electron chi connectivity index (χ4n) is 2.38. The summed E-state index contributed by atoms with van der Waals surface area (Å²) in [4.78, 5) is 21.2. The van der Waals surface area contributed by atoms with Gasteiger partial charge < -0.3 is 15.1 Å². The average molecular weight is 276 g/mol. The van der Waals surface area contributed by atoms with Crippen LogP contribution in [0.5, 0.6) is 0 Å². The van der Waals surface area contributed by atoms with Crippen LogP contribution in [0.4, 0.5) is 5.82 Å². The highest BCUT2D eigenvalue weighted by molar-refractivity contribution is 5.98. The van der Waals surface area contributed by atoms with E-state index in [1.54, 1.807) is 6.20 Å². The largest absolute Gasteiger partial charge is 0.369 e. The Morgan fingerprint density at radius 2 is 2.20 bits per heavy atom. The van der Waals surface area contributed by atoms with Gasteiger partial charge in [0.1, 0.15) is 5.82 Å². The van der Waals surface area contributed by atoms with Gasteiger partial charge in [0, 0.05) is 32.4 Å². The lowest BCUT2D eigenvalue weighted by atomic mass is 10.2. The molecule has 5 nitrogen and oxygen atoms in total. The van der Waals surface area contributed by atoms with Crippen molar-refractivity contribution >= 4 is 11.7 Å². The van der Waals surface area contributed by atoms with E-state index in [4.69, 9.17) is 0 Å². The van der Waals surface area contributed by atoms with Crippen LogP contribution >= 0.6 is 0 Å². The molecule has 1 aliphatic heterocycles. The number of rotatable bonds is 4. The number of carbonyl (C=O) groups excluding carboxylic acids is 1. The second kappa shape index (κ2) is 7.24. The van der Waals surface area contributed by atoms with Gasteiger partial charge in [-0.1, -0.05) is 6.92 Å². The number of hydrogen-bond donors (Lipinski definition) is 1. The van der Waals surface area contributed by atoms with Crippen molar-refractivity contribution in [3.63, 3.8) is 0 Å². The molecule has 1 aromatic rings. The smallest absolute Gasteiger partial charge is 0.257 e. The molecule has 20 heavy (non-hydrogen) atoms. The minimum atomic E-state index is 0.0898. The van der Waals surface area contributed by atoms with Gasteiger partial charge in [-0.15, -0.1) is 0 Å². The van der Waals surface area contributed by atoms with Crippen molar-refractivity contribution in [2.75, 3.05) is 45.1 Å². The van der Waals surface area contributed by atoms with Gasteiger partial charge in [0.2, 0.25) is 0 Å². The summed E-state index contributed by atoms with van der Waals surface area (Å²) in [6.45, 7) is 6.53. The Bertz CT molecular complexity index is 449. The van der Waals surface area contributed by atoms with Crippen LogP contribution in [-0.4, -0.2) is 60.5 Å². The van der Waals surface area contributed by atoms with Gasteiger partial charge in [0.15, 0.2) is 0 Å². The third-order valence-electron chi connectivity index (χ3n) is 3.59. The van der Waals surface area contributed by atoms with E-state index in [2.05, 4.69) is 29.2 Å². The molecule has 0 aromatic carbocycles. The lowest BCUT2D eigenvalue weighted by molar-refractivity contribution is 0.0763. The second-order valence-electron chi connectivity index (χ2n) is 5.28. The predicted molar refractivity (Wildman–Crippen MR) is 81.0 cm³/mol. The molecule has 0 saturated carbocycles. The Morgan fingerprint density at radius 3 is 3.00 bits per heavy atom. The number of nitrogens with zero attached hydrogens (tertiary/aromatic N) is 3. The predicted octanol–water partition coefficient (Wildman–Crippen LogP) is 1.68. The quantitative estimate of drug-likeness (QED) is 0.909. The topological polar surface area (TPSA) is 48.5 Å². The van der Waals surface area contributed by atoms with Crippen molar-refractivity contribution in [1.29, 1.82) is 0 Å². The summed E-state index contributed by atoms with van der Waals surface area (Å²) < 4.78 is 0. The molecule has 0 aliphatic carbocycles. The molecule has 0 unspecified atom stereocenters. The number of aromatic nitrogens is 1. The fourth-order valence-corrected chi connectivity index (χ4v) is 2.38. The molecule has 1 saturated heterocycles. The Hall–Kier alpha value is -1.62. The molecule has 0 radical (unpaired) electrons. The van der Waals surface area contributed by atoms with Gasteiger partial charge in [0.05, 0.1) is 5.56 Å². The van der Waals surface area contributed by atoms with Crippen LogP contribution in [0.1, 0.15) is 30.1 Å². The first kappa shape index (κ1) is 14.8. The zero-order chi connectivity index (χ0) is 14.4. The molecule has 1 aromatic heterocycles. The van der Waals surface area contributed by atoms with Gasteiger partial charge in [-0.2, -0.15) is 0 Å². The van der Waals surface area contributed by atoms with Crippen LogP contribution in [0.25, 0.3) is 0 Å². The van der Waals surface area contributed by atoms with Crippen LogP contribution in [0.2, 0.25) is 0 Å². The van der Waals surface area contributed by atoms with Gasteiger partial charge in [-0.3, -0.25) is 4.79 Å². The van der Waals surface area contributed by atoms with Gasteiger partial charge >= 0.3 is 0 Å². The first-order valence-corrected chi connectivity index (χ1v) is 7.39. The highest BCUT2D eigenvalue weighted by atomic mass is 16.2. The van der Waals surface area contributed by atoms with Gasteiger partial charge in [0.25, 0.3) is 5.91 Å². The molecule has 1 aliphatic rings. The van der Waals surface area contributed by atoms with E-state index in [9.17, 15) is 4.79 Å².